The van der Waals surface area contributed by atoms with Crippen molar-refractivity contribution in [2.24, 2.45) is 5.73 Å². The minimum atomic E-state index is -0.463. The van der Waals surface area contributed by atoms with Crippen molar-refractivity contribution < 1.29 is 9.66 Å². The summed E-state index contributed by atoms with van der Waals surface area (Å²) in [6.45, 7) is 1.72. The average molecular weight is 306 g/mol. The van der Waals surface area contributed by atoms with Crippen LogP contribution in [0.3, 0.4) is 0 Å². The van der Waals surface area contributed by atoms with Crippen molar-refractivity contribution in [2.45, 2.75) is 6.92 Å². The van der Waals surface area contributed by atoms with Gasteiger partial charge in [-0.05, 0) is 30.7 Å². The van der Waals surface area contributed by atoms with E-state index in [2.05, 4.69) is 0 Å². The lowest BCUT2D eigenvalue weighted by molar-refractivity contribution is -0.384. The van der Waals surface area contributed by atoms with E-state index in [0.29, 0.717) is 27.6 Å². The number of nitrogens with one attached hydrogen (secondary N) is 1. The molecule has 0 saturated heterocycles. The van der Waals surface area contributed by atoms with E-state index in [1.807, 2.05) is 0 Å². The van der Waals surface area contributed by atoms with Gasteiger partial charge in [0.25, 0.3) is 5.69 Å². The standard InChI is InChI=1S/C14H12ClN3O3/c1-8-6-9(18(19)20)2-5-13(8)21-10-3-4-11(14(16)17)12(15)7-10/h2-7H,1H3,(H3,16,17). The molecule has 0 unspecified atom stereocenters. The van der Waals surface area contributed by atoms with Crippen molar-refractivity contribution in [1.29, 1.82) is 5.41 Å². The normalized spacial score (nSPS) is 10.2. The summed E-state index contributed by atoms with van der Waals surface area (Å²) in [5.74, 6) is 0.826. The number of aryl methyl sites for hydroxylation is 1. The number of ether oxygens (including phenoxy) is 1. The minimum Gasteiger partial charge on any atom is -0.457 e. The van der Waals surface area contributed by atoms with Crippen LogP contribution in [-0.4, -0.2) is 10.8 Å². The minimum absolute atomic E-state index is 0.00445. The lowest BCUT2D eigenvalue weighted by atomic mass is 10.2. The molecule has 0 heterocycles. The molecule has 0 aliphatic rings. The highest BCUT2D eigenvalue weighted by Gasteiger charge is 2.11. The molecule has 0 radical (unpaired) electrons. The van der Waals surface area contributed by atoms with Crippen LogP contribution >= 0.6 is 11.6 Å². The fraction of sp³-hybridized carbons (Fsp3) is 0.0714. The molecule has 7 heteroatoms. The SMILES string of the molecule is Cc1cc([N+](=O)[O-])ccc1Oc1ccc(C(=N)N)c(Cl)c1. The van der Waals surface area contributed by atoms with Crippen LogP contribution in [0.15, 0.2) is 36.4 Å². The smallest absolute Gasteiger partial charge is 0.269 e. The van der Waals surface area contributed by atoms with Crippen LogP contribution in [0.5, 0.6) is 11.5 Å². The third-order valence-electron chi connectivity index (χ3n) is 2.83. The van der Waals surface area contributed by atoms with Crippen molar-refractivity contribution in [3.63, 3.8) is 0 Å². The Morgan fingerprint density at radius 1 is 1.33 bits per heavy atom. The zero-order valence-electron chi connectivity index (χ0n) is 11.1. The number of hydrogen-bond donors (Lipinski definition) is 2. The fourth-order valence-corrected chi connectivity index (χ4v) is 2.04. The highest BCUT2D eigenvalue weighted by Crippen LogP contribution is 2.30. The number of nitro groups is 1. The van der Waals surface area contributed by atoms with Gasteiger partial charge in [-0.25, -0.2) is 0 Å². The Balaban J connectivity index is 2.28. The maximum atomic E-state index is 10.7. The van der Waals surface area contributed by atoms with Gasteiger partial charge in [-0.1, -0.05) is 11.6 Å². The number of amidine groups is 1. The number of hydrogen-bond acceptors (Lipinski definition) is 4. The Hall–Kier alpha value is -2.60. The molecular weight excluding hydrogens is 294 g/mol. The van der Waals surface area contributed by atoms with Gasteiger partial charge in [0.05, 0.1) is 9.95 Å². The second-order valence-electron chi connectivity index (χ2n) is 4.36. The van der Waals surface area contributed by atoms with Crippen LogP contribution in [-0.2, 0) is 0 Å². The van der Waals surface area contributed by atoms with Crippen molar-refractivity contribution in [2.75, 3.05) is 0 Å². The van der Waals surface area contributed by atoms with Crippen LogP contribution in [0, 0.1) is 22.4 Å². The molecule has 2 aromatic rings. The van der Waals surface area contributed by atoms with Crippen LogP contribution in [0.2, 0.25) is 5.02 Å². The van der Waals surface area contributed by atoms with E-state index in [4.69, 9.17) is 27.5 Å². The maximum absolute atomic E-state index is 10.7. The third-order valence-corrected chi connectivity index (χ3v) is 3.14. The van der Waals surface area contributed by atoms with Gasteiger partial charge in [0.2, 0.25) is 0 Å². The molecule has 21 heavy (non-hydrogen) atoms. The summed E-state index contributed by atoms with van der Waals surface area (Å²) in [4.78, 5) is 10.2. The maximum Gasteiger partial charge on any atom is 0.269 e. The van der Waals surface area contributed by atoms with Gasteiger partial charge in [-0.15, -0.1) is 0 Å². The number of nitrogen functional groups attached to an aromatic ring is 1. The first-order chi connectivity index (χ1) is 9.88. The molecule has 0 aromatic heterocycles. The molecule has 0 aliphatic carbocycles. The summed E-state index contributed by atoms with van der Waals surface area (Å²) in [5.41, 5.74) is 6.44. The number of halogens is 1. The monoisotopic (exact) mass is 305 g/mol. The summed E-state index contributed by atoms with van der Waals surface area (Å²) in [5, 5.41) is 18.3. The predicted octanol–water partition coefficient (Wildman–Crippen LogP) is 3.63. The Morgan fingerprint density at radius 3 is 2.57 bits per heavy atom. The molecule has 108 valence electrons. The first kappa shape index (κ1) is 14.8. The van der Waals surface area contributed by atoms with Crippen molar-refractivity contribution >= 4 is 23.1 Å². The second kappa shape index (κ2) is 5.80. The summed E-state index contributed by atoms with van der Waals surface area (Å²) < 4.78 is 5.64. The van der Waals surface area contributed by atoms with E-state index in [1.54, 1.807) is 25.1 Å². The van der Waals surface area contributed by atoms with Gasteiger partial charge >= 0.3 is 0 Å². The number of nitro benzene ring substituents is 1. The average Bonchev–Trinajstić information content (AvgIpc) is 2.40. The Morgan fingerprint density at radius 2 is 2.05 bits per heavy atom. The zero-order valence-corrected chi connectivity index (χ0v) is 11.8. The van der Waals surface area contributed by atoms with Crippen molar-refractivity contribution in [3.8, 4) is 11.5 Å². The highest BCUT2D eigenvalue weighted by molar-refractivity contribution is 6.34. The first-order valence-corrected chi connectivity index (χ1v) is 6.33. The molecule has 3 N–H and O–H groups in total. The quantitative estimate of drug-likeness (QED) is 0.389. The summed E-state index contributed by atoms with van der Waals surface area (Å²) in [6, 6.07) is 9.08. The van der Waals surface area contributed by atoms with Crippen molar-refractivity contribution in [1.82, 2.24) is 0 Å². The topological polar surface area (TPSA) is 102 Å². The van der Waals surface area contributed by atoms with E-state index in [0.717, 1.165) is 0 Å². The van der Waals surface area contributed by atoms with Gasteiger partial charge in [-0.2, -0.15) is 0 Å². The molecule has 0 aliphatic heterocycles. The molecule has 0 atom stereocenters. The Kier molecular flexibility index (Phi) is 4.09. The summed E-state index contributed by atoms with van der Waals surface area (Å²) in [6.07, 6.45) is 0. The van der Waals surface area contributed by atoms with Gasteiger partial charge in [0.15, 0.2) is 0 Å². The molecule has 0 fully saturated rings. The largest absolute Gasteiger partial charge is 0.457 e. The molecule has 0 saturated carbocycles. The molecule has 2 rings (SSSR count). The van der Waals surface area contributed by atoms with E-state index in [9.17, 15) is 10.1 Å². The second-order valence-corrected chi connectivity index (χ2v) is 4.77. The third kappa shape index (κ3) is 3.29. The number of nitrogens with zero attached hydrogens (tertiary/aromatic N) is 1. The fourth-order valence-electron chi connectivity index (χ4n) is 1.77. The Labute approximate surface area is 125 Å². The summed E-state index contributed by atoms with van der Waals surface area (Å²) >= 11 is 6.01. The van der Waals surface area contributed by atoms with Crippen LogP contribution in [0.4, 0.5) is 5.69 Å². The lowest BCUT2D eigenvalue weighted by Crippen LogP contribution is -2.11. The first-order valence-electron chi connectivity index (χ1n) is 5.95. The molecule has 2 aromatic carbocycles. The van der Waals surface area contributed by atoms with Crippen LogP contribution < -0.4 is 10.5 Å². The molecule has 0 bridgehead atoms. The van der Waals surface area contributed by atoms with Gasteiger partial charge < -0.3 is 10.5 Å². The molecular formula is C14H12ClN3O3. The molecule has 0 amide bonds. The van der Waals surface area contributed by atoms with Crippen LogP contribution in [0.1, 0.15) is 11.1 Å². The van der Waals surface area contributed by atoms with E-state index >= 15 is 0 Å². The highest BCUT2D eigenvalue weighted by atomic mass is 35.5. The van der Waals surface area contributed by atoms with E-state index in [-0.39, 0.29) is 11.5 Å². The van der Waals surface area contributed by atoms with Gasteiger partial charge in [0, 0.05) is 23.8 Å². The zero-order chi connectivity index (χ0) is 15.6. The predicted molar refractivity (Wildman–Crippen MR) is 80.4 cm³/mol. The van der Waals surface area contributed by atoms with Gasteiger partial charge in [-0.3, -0.25) is 15.5 Å². The molecule has 6 nitrogen and oxygen atoms in total. The summed E-state index contributed by atoms with van der Waals surface area (Å²) in [7, 11) is 0. The Bertz CT molecular complexity index is 731. The van der Waals surface area contributed by atoms with Crippen LogP contribution in [0.25, 0.3) is 0 Å². The number of rotatable bonds is 4. The molecule has 0 spiro atoms. The van der Waals surface area contributed by atoms with E-state index < -0.39 is 4.92 Å². The lowest BCUT2D eigenvalue weighted by Gasteiger charge is -2.10. The number of benzene rings is 2. The number of non-ortho nitro benzene ring substituents is 1. The van der Waals surface area contributed by atoms with Crippen molar-refractivity contribution in [3.05, 3.63) is 62.7 Å². The van der Waals surface area contributed by atoms with E-state index in [1.165, 1.54) is 18.2 Å². The number of nitrogens with two attached hydrogens (primary N) is 1. The van der Waals surface area contributed by atoms with Gasteiger partial charge in [0.1, 0.15) is 17.3 Å².